The van der Waals surface area contributed by atoms with Crippen molar-refractivity contribution in [3.8, 4) is 28.1 Å². The number of hydrazine groups is 1. The van der Waals surface area contributed by atoms with Crippen LogP contribution in [0.15, 0.2) is 47.4 Å². The van der Waals surface area contributed by atoms with E-state index in [1.54, 1.807) is 18.2 Å². The van der Waals surface area contributed by atoms with Crippen molar-refractivity contribution in [3.05, 3.63) is 58.5 Å². The number of piperidine rings is 1. The summed E-state index contributed by atoms with van der Waals surface area (Å²) >= 11 is 0. The summed E-state index contributed by atoms with van der Waals surface area (Å²) in [6.45, 7) is 8.78. The molecule has 0 radical (unpaired) electrons. The van der Waals surface area contributed by atoms with Crippen molar-refractivity contribution in [1.82, 2.24) is 20.2 Å². The van der Waals surface area contributed by atoms with Gasteiger partial charge in [0.2, 0.25) is 0 Å². The number of alkyl halides is 3. The van der Waals surface area contributed by atoms with Gasteiger partial charge in [-0.25, -0.2) is 5.01 Å². The highest BCUT2D eigenvalue weighted by atomic mass is 19.4. The van der Waals surface area contributed by atoms with Gasteiger partial charge in [-0.05, 0) is 82.3 Å². The van der Waals surface area contributed by atoms with Crippen LogP contribution in [0.25, 0.3) is 22.4 Å². The molecule has 0 bridgehead atoms. The number of phenols is 1. The first kappa shape index (κ1) is 25.7. The molecule has 0 aliphatic carbocycles. The number of phenolic OH excluding ortho intramolecular Hbond substituents is 1. The molecule has 36 heavy (non-hydrogen) atoms. The Morgan fingerprint density at radius 2 is 1.72 bits per heavy atom. The Kier molecular flexibility index (Phi) is 6.36. The molecule has 10 heteroatoms. The van der Waals surface area contributed by atoms with E-state index in [4.69, 9.17) is 0 Å². The largest absolute Gasteiger partial charge is 0.507 e. The van der Waals surface area contributed by atoms with Gasteiger partial charge in [-0.1, -0.05) is 12.1 Å². The highest BCUT2D eigenvalue weighted by Gasteiger charge is 2.44. The second-order valence-corrected chi connectivity index (χ2v) is 10.4. The molecule has 2 N–H and O–H groups in total. The molecular formula is C26H30F3N5O2. The molecule has 3 heterocycles. The molecule has 1 aliphatic rings. The lowest BCUT2D eigenvalue weighted by molar-refractivity contribution is -0.138. The molecule has 0 unspecified atom stereocenters. The van der Waals surface area contributed by atoms with Gasteiger partial charge in [0, 0.05) is 24.3 Å². The summed E-state index contributed by atoms with van der Waals surface area (Å²) < 4.78 is 40.0. The average molecular weight is 502 g/mol. The van der Waals surface area contributed by atoms with E-state index in [0.717, 1.165) is 25.3 Å². The predicted octanol–water partition coefficient (Wildman–Crippen LogP) is 5.62. The number of benzene rings is 1. The molecular weight excluding hydrogens is 471 g/mol. The summed E-state index contributed by atoms with van der Waals surface area (Å²) in [5.74, 6) is 0.433. The van der Waals surface area contributed by atoms with Crippen LogP contribution in [0.3, 0.4) is 0 Å². The number of pyridine rings is 1. The molecule has 4 rings (SSSR count). The molecule has 3 aromatic rings. The molecule has 0 amide bonds. The van der Waals surface area contributed by atoms with E-state index < -0.39 is 17.3 Å². The minimum absolute atomic E-state index is 0.0904. The molecule has 0 atom stereocenters. The van der Waals surface area contributed by atoms with Gasteiger partial charge in [-0.2, -0.15) is 13.2 Å². The first-order valence-corrected chi connectivity index (χ1v) is 11.7. The number of aromatic hydroxyl groups is 1. The highest BCUT2D eigenvalue weighted by Crippen LogP contribution is 2.41. The van der Waals surface area contributed by atoms with Crippen LogP contribution in [0, 0.1) is 0 Å². The first-order chi connectivity index (χ1) is 16.7. The lowest BCUT2D eigenvalue weighted by Crippen LogP contribution is -2.64. The Hall–Kier alpha value is -3.40. The lowest BCUT2D eigenvalue weighted by Gasteiger charge is -2.56. The molecule has 1 aromatic carbocycles. The lowest BCUT2D eigenvalue weighted by atomic mass is 9.81. The normalized spacial score (nSPS) is 17.7. The number of hydrogen-bond acceptors (Lipinski definition) is 6. The Morgan fingerprint density at radius 3 is 2.31 bits per heavy atom. The zero-order valence-corrected chi connectivity index (χ0v) is 20.9. The van der Waals surface area contributed by atoms with Gasteiger partial charge in [-0.3, -0.25) is 9.80 Å². The van der Waals surface area contributed by atoms with Crippen LogP contribution in [0.5, 0.6) is 5.75 Å². The Bertz CT molecular complexity index is 1300. The second-order valence-electron chi connectivity index (χ2n) is 10.4. The molecule has 1 aliphatic heterocycles. The van der Waals surface area contributed by atoms with Crippen molar-refractivity contribution in [3.63, 3.8) is 0 Å². The van der Waals surface area contributed by atoms with Crippen LogP contribution in [-0.4, -0.2) is 43.4 Å². The summed E-state index contributed by atoms with van der Waals surface area (Å²) in [5, 5.41) is 23.6. The number of aromatic nitrogens is 3. The molecule has 0 spiro atoms. The Labute approximate surface area is 207 Å². The van der Waals surface area contributed by atoms with Crippen LogP contribution in [0.1, 0.15) is 52.5 Å². The van der Waals surface area contributed by atoms with Crippen LogP contribution >= 0.6 is 0 Å². The van der Waals surface area contributed by atoms with Crippen molar-refractivity contribution in [2.24, 2.45) is 0 Å². The Balaban J connectivity index is 1.74. The van der Waals surface area contributed by atoms with Crippen molar-refractivity contribution in [2.75, 3.05) is 12.1 Å². The minimum Gasteiger partial charge on any atom is -0.507 e. The third kappa shape index (κ3) is 4.69. The number of halogens is 3. The van der Waals surface area contributed by atoms with Crippen LogP contribution in [0.2, 0.25) is 0 Å². The number of anilines is 1. The Morgan fingerprint density at radius 1 is 1.06 bits per heavy atom. The third-order valence-corrected chi connectivity index (χ3v) is 6.82. The average Bonchev–Trinajstić information content (AvgIpc) is 2.77. The van der Waals surface area contributed by atoms with E-state index in [9.17, 15) is 23.1 Å². The number of nitrogens with zero attached hydrogens (tertiary/aromatic N) is 4. The van der Waals surface area contributed by atoms with Crippen LogP contribution in [0.4, 0.5) is 19.0 Å². The zero-order chi connectivity index (χ0) is 26.5. The molecule has 0 saturated carbocycles. The van der Waals surface area contributed by atoms with Gasteiger partial charge in [0.05, 0.1) is 11.3 Å². The third-order valence-electron chi connectivity index (χ3n) is 6.82. The number of hydrogen-bond donors (Lipinski definition) is 2. The van der Waals surface area contributed by atoms with Gasteiger partial charge in [0.25, 0.3) is 5.56 Å². The molecule has 1 fully saturated rings. The maximum Gasteiger partial charge on any atom is 0.421 e. The summed E-state index contributed by atoms with van der Waals surface area (Å²) in [5.41, 5.74) is -1.86. The summed E-state index contributed by atoms with van der Waals surface area (Å²) in [7, 11) is 1.93. The SMILES string of the molecule is CN(c1ccc(-c2c(O)cccc2-c2c[nH]c(=O)c(C(F)(F)F)c2)nn1)N1C(C)(C)CCCC1(C)C. The van der Waals surface area contributed by atoms with Gasteiger partial charge in [-0.15, -0.1) is 10.2 Å². The smallest absolute Gasteiger partial charge is 0.421 e. The maximum atomic E-state index is 13.3. The van der Waals surface area contributed by atoms with E-state index in [-0.39, 0.29) is 39.2 Å². The predicted molar refractivity (Wildman–Crippen MR) is 132 cm³/mol. The van der Waals surface area contributed by atoms with Crippen molar-refractivity contribution in [1.29, 1.82) is 0 Å². The van der Waals surface area contributed by atoms with E-state index in [0.29, 0.717) is 5.82 Å². The fraction of sp³-hybridized carbons (Fsp3) is 0.423. The van der Waals surface area contributed by atoms with Gasteiger partial charge in [0.15, 0.2) is 5.82 Å². The summed E-state index contributed by atoms with van der Waals surface area (Å²) in [6, 6.07) is 8.72. The second kappa shape index (κ2) is 8.92. The van der Waals surface area contributed by atoms with E-state index in [1.165, 1.54) is 18.3 Å². The van der Waals surface area contributed by atoms with E-state index in [1.807, 2.05) is 12.1 Å². The zero-order valence-electron chi connectivity index (χ0n) is 20.9. The molecule has 1 saturated heterocycles. The monoisotopic (exact) mass is 501 g/mol. The van der Waals surface area contributed by atoms with E-state index >= 15 is 0 Å². The van der Waals surface area contributed by atoms with Crippen molar-refractivity contribution >= 4 is 5.82 Å². The minimum atomic E-state index is -4.82. The fourth-order valence-corrected chi connectivity index (χ4v) is 5.43. The number of H-pyrrole nitrogens is 1. The number of nitrogens with one attached hydrogen (secondary N) is 1. The van der Waals surface area contributed by atoms with Crippen molar-refractivity contribution < 1.29 is 18.3 Å². The summed E-state index contributed by atoms with van der Waals surface area (Å²) in [4.78, 5) is 13.9. The highest BCUT2D eigenvalue weighted by molar-refractivity contribution is 5.85. The van der Waals surface area contributed by atoms with Crippen molar-refractivity contribution in [2.45, 2.75) is 64.2 Å². The van der Waals surface area contributed by atoms with Gasteiger partial charge >= 0.3 is 6.18 Å². The summed E-state index contributed by atoms with van der Waals surface area (Å²) in [6.07, 6.45) is -0.431. The number of aromatic amines is 1. The van der Waals surface area contributed by atoms with Gasteiger partial charge in [0.1, 0.15) is 11.3 Å². The maximum absolute atomic E-state index is 13.3. The molecule has 192 valence electrons. The molecule has 7 nitrogen and oxygen atoms in total. The van der Waals surface area contributed by atoms with Crippen LogP contribution < -0.4 is 10.6 Å². The van der Waals surface area contributed by atoms with Crippen LogP contribution in [-0.2, 0) is 6.18 Å². The fourth-order valence-electron chi connectivity index (χ4n) is 5.43. The first-order valence-electron chi connectivity index (χ1n) is 11.7. The van der Waals surface area contributed by atoms with E-state index in [2.05, 4.69) is 47.9 Å². The topological polar surface area (TPSA) is 85.3 Å². The number of rotatable bonds is 4. The quantitative estimate of drug-likeness (QED) is 0.483. The molecule has 2 aromatic heterocycles. The standard InChI is InChI=1S/C26H30F3N5O2/c1-24(2)12-7-13-25(3,4)34(24)33(5)21-11-10-19(31-32-21)22-17(8-6-9-20(22)35)16-14-18(26(27,28)29)23(36)30-15-16/h6,8-11,14-15,35H,7,12-13H2,1-5H3,(H,30,36). The van der Waals surface area contributed by atoms with Gasteiger partial charge < -0.3 is 10.1 Å².